The lowest BCUT2D eigenvalue weighted by Gasteiger charge is -2.27. The third-order valence-electron chi connectivity index (χ3n) is 4.22. The van der Waals surface area contributed by atoms with E-state index in [4.69, 9.17) is 0 Å². The van der Waals surface area contributed by atoms with Crippen LogP contribution in [0.2, 0.25) is 0 Å². The fraction of sp³-hybridized carbons (Fsp3) is 0.867. The summed E-state index contributed by atoms with van der Waals surface area (Å²) in [6.07, 6.45) is 7.89. The molecule has 108 valence electrons. The molecule has 2 N–H and O–H groups in total. The Morgan fingerprint density at radius 2 is 1.53 bits per heavy atom. The molecule has 0 saturated heterocycles. The number of hydrogen-bond acceptors (Lipinski definition) is 2. The lowest BCUT2D eigenvalue weighted by atomic mass is 9.81. The monoisotopic (exact) mass is 266 g/mol. The minimum atomic E-state index is 0.127. The van der Waals surface area contributed by atoms with Gasteiger partial charge in [-0.3, -0.25) is 9.59 Å². The first-order chi connectivity index (χ1) is 9.20. The van der Waals surface area contributed by atoms with E-state index in [1.807, 2.05) is 0 Å². The predicted octanol–water partition coefficient (Wildman–Crippen LogP) is 1.99. The standard InChI is InChI=1S/C15H26N2O2/c1-2-3-10-16-14(18)11-4-6-12(7-5-11)15(19)17-13-8-9-13/h11-13H,2-10H2,1H3,(H,16,18)(H,17,19). The van der Waals surface area contributed by atoms with Gasteiger partial charge in [0.2, 0.25) is 11.8 Å². The molecule has 0 aromatic heterocycles. The van der Waals surface area contributed by atoms with Gasteiger partial charge in [-0.25, -0.2) is 0 Å². The number of amides is 2. The van der Waals surface area contributed by atoms with Crippen molar-refractivity contribution in [3.63, 3.8) is 0 Å². The molecule has 4 nitrogen and oxygen atoms in total. The van der Waals surface area contributed by atoms with Crippen LogP contribution in [-0.4, -0.2) is 24.4 Å². The van der Waals surface area contributed by atoms with Crippen molar-refractivity contribution in [1.82, 2.24) is 10.6 Å². The maximum atomic E-state index is 11.9. The van der Waals surface area contributed by atoms with Gasteiger partial charge in [-0.2, -0.15) is 0 Å². The molecule has 0 aliphatic heterocycles. The van der Waals surface area contributed by atoms with Crippen molar-refractivity contribution < 1.29 is 9.59 Å². The smallest absolute Gasteiger partial charge is 0.223 e. The molecule has 2 fully saturated rings. The largest absolute Gasteiger partial charge is 0.356 e. The summed E-state index contributed by atoms with van der Waals surface area (Å²) in [5, 5.41) is 6.07. The Bertz CT molecular complexity index is 318. The van der Waals surface area contributed by atoms with E-state index in [2.05, 4.69) is 17.6 Å². The lowest BCUT2D eigenvalue weighted by molar-refractivity contribution is -0.130. The van der Waals surface area contributed by atoms with Crippen molar-refractivity contribution in [2.75, 3.05) is 6.54 Å². The fourth-order valence-electron chi connectivity index (χ4n) is 2.70. The minimum Gasteiger partial charge on any atom is -0.356 e. The lowest BCUT2D eigenvalue weighted by Crippen LogP contribution is -2.38. The molecule has 19 heavy (non-hydrogen) atoms. The molecule has 2 amide bonds. The molecule has 2 aliphatic carbocycles. The Labute approximate surface area is 115 Å². The van der Waals surface area contributed by atoms with Crippen molar-refractivity contribution in [2.24, 2.45) is 11.8 Å². The van der Waals surface area contributed by atoms with Crippen LogP contribution in [0.5, 0.6) is 0 Å². The summed E-state index contributed by atoms with van der Waals surface area (Å²) in [6.45, 7) is 2.91. The van der Waals surface area contributed by atoms with Crippen molar-refractivity contribution >= 4 is 11.8 Å². The summed E-state index contributed by atoms with van der Waals surface area (Å²) in [5.41, 5.74) is 0. The van der Waals surface area contributed by atoms with E-state index in [-0.39, 0.29) is 23.7 Å². The molecule has 0 heterocycles. The second kappa shape index (κ2) is 6.92. The highest BCUT2D eigenvalue weighted by Gasteiger charge is 2.32. The number of carbonyl (C=O) groups is 2. The maximum Gasteiger partial charge on any atom is 0.223 e. The normalized spacial score (nSPS) is 26.8. The molecule has 0 radical (unpaired) electrons. The molecule has 0 spiro atoms. The highest BCUT2D eigenvalue weighted by atomic mass is 16.2. The quantitative estimate of drug-likeness (QED) is 0.722. The molecule has 0 atom stereocenters. The Morgan fingerprint density at radius 1 is 0.947 bits per heavy atom. The molecule has 0 aromatic rings. The van der Waals surface area contributed by atoms with Gasteiger partial charge in [0.25, 0.3) is 0 Å². The third-order valence-corrected chi connectivity index (χ3v) is 4.22. The molecule has 4 heteroatoms. The van der Waals surface area contributed by atoms with Crippen molar-refractivity contribution in [3.8, 4) is 0 Å². The summed E-state index contributed by atoms with van der Waals surface area (Å²) < 4.78 is 0. The molecular formula is C15H26N2O2. The number of unbranched alkanes of at least 4 members (excludes halogenated alkanes) is 1. The molecule has 2 rings (SSSR count). The molecule has 2 aliphatic rings. The number of rotatable bonds is 6. The van der Waals surface area contributed by atoms with Crippen LogP contribution in [0.25, 0.3) is 0 Å². The van der Waals surface area contributed by atoms with Crippen LogP contribution in [0.15, 0.2) is 0 Å². The summed E-state index contributed by atoms with van der Waals surface area (Å²) in [7, 11) is 0. The molecule has 0 unspecified atom stereocenters. The Kier molecular flexibility index (Phi) is 5.23. The molecule has 0 bridgehead atoms. The van der Waals surface area contributed by atoms with E-state index in [0.29, 0.717) is 6.04 Å². The predicted molar refractivity (Wildman–Crippen MR) is 74.5 cm³/mol. The number of hydrogen-bond donors (Lipinski definition) is 2. The fourth-order valence-corrected chi connectivity index (χ4v) is 2.70. The Balaban J connectivity index is 1.66. The molecule has 2 saturated carbocycles. The van der Waals surface area contributed by atoms with Crippen LogP contribution in [0.3, 0.4) is 0 Å². The van der Waals surface area contributed by atoms with Gasteiger partial charge < -0.3 is 10.6 Å². The second-order valence-electron chi connectivity index (χ2n) is 5.98. The SMILES string of the molecule is CCCCNC(=O)C1CCC(C(=O)NC2CC2)CC1. The zero-order valence-electron chi connectivity index (χ0n) is 11.9. The highest BCUT2D eigenvalue weighted by Crippen LogP contribution is 2.30. The first-order valence-electron chi connectivity index (χ1n) is 7.78. The van der Waals surface area contributed by atoms with Crippen molar-refractivity contribution in [3.05, 3.63) is 0 Å². The number of nitrogens with one attached hydrogen (secondary N) is 2. The average molecular weight is 266 g/mol. The average Bonchev–Trinajstić information content (AvgIpc) is 3.23. The Hall–Kier alpha value is -1.06. The number of carbonyl (C=O) groups excluding carboxylic acids is 2. The second-order valence-corrected chi connectivity index (χ2v) is 5.98. The van der Waals surface area contributed by atoms with Crippen LogP contribution in [0, 0.1) is 11.8 Å². The summed E-state index contributed by atoms with van der Waals surface area (Å²) in [6, 6.07) is 0.447. The van der Waals surface area contributed by atoms with Crippen molar-refractivity contribution in [1.29, 1.82) is 0 Å². The summed E-state index contributed by atoms with van der Waals surface area (Å²) in [4.78, 5) is 23.8. The summed E-state index contributed by atoms with van der Waals surface area (Å²) >= 11 is 0. The van der Waals surface area contributed by atoms with E-state index in [0.717, 1.165) is 57.9 Å². The Morgan fingerprint density at radius 3 is 2.05 bits per heavy atom. The topological polar surface area (TPSA) is 58.2 Å². The van der Waals surface area contributed by atoms with Gasteiger partial charge in [0.15, 0.2) is 0 Å². The van der Waals surface area contributed by atoms with Gasteiger partial charge in [0.1, 0.15) is 0 Å². The van der Waals surface area contributed by atoms with Crippen LogP contribution in [0.1, 0.15) is 58.3 Å². The zero-order valence-corrected chi connectivity index (χ0v) is 11.9. The van der Waals surface area contributed by atoms with E-state index < -0.39 is 0 Å². The van der Waals surface area contributed by atoms with Crippen LogP contribution in [-0.2, 0) is 9.59 Å². The van der Waals surface area contributed by atoms with Crippen LogP contribution < -0.4 is 10.6 Å². The van der Waals surface area contributed by atoms with E-state index in [1.165, 1.54) is 0 Å². The van der Waals surface area contributed by atoms with Gasteiger partial charge in [-0.1, -0.05) is 13.3 Å². The van der Waals surface area contributed by atoms with E-state index in [9.17, 15) is 9.59 Å². The van der Waals surface area contributed by atoms with Gasteiger partial charge in [0.05, 0.1) is 0 Å². The first-order valence-corrected chi connectivity index (χ1v) is 7.78. The van der Waals surface area contributed by atoms with Gasteiger partial charge in [0, 0.05) is 24.4 Å². The highest BCUT2D eigenvalue weighted by molar-refractivity contribution is 5.81. The van der Waals surface area contributed by atoms with E-state index in [1.54, 1.807) is 0 Å². The summed E-state index contributed by atoms with van der Waals surface area (Å²) in [5.74, 6) is 0.670. The minimum absolute atomic E-state index is 0.127. The zero-order chi connectivity index (χ0) is 13.7. The van der Waals surface area contributed by atoms with Crippen LogP contribution in [0.4, 0.5) is 0 Å². The third kappa shape index (κ3) is 4.51. The van der Waals surface area contributed by atoms with Crippen LogP contribution >= 0.6 is 0 Å². The van der Waals surface area contributed by atoms with Gasteiger partial charge in [-0.15, -0.1) is 0 Å². The van der Waals surface area contributed by atoms with Gasteiger partial charge in [-0.05, 0) is 44.9 Å². The van der Waals surface area contributed by atoms with E-state index >= 15 is 0 Å². The first kappa shape index (κ1) is 14.4. The molecular weight excluding hydrogens is 240 g/mol. The van der Waals surface area contributed by atoms with Gasteiger partial charge >= 0.3 is 0 Å². The molecule has 0 aromatic carbocycles. The maximum absolute atomic E-state index is 11.9. The van der Waals surface area contributed by atoms with Crippen molar-refractivity contribution in [2.45, 2.75) is 64.3 Å².